The lowest BCUT2D eigenvalue weighted by molar-refractivity contribution is -0.0475. The van der Waals surface area contributed by atoms with Gasteiger partial charge in [-0.25, -0.2) is 4.39 Å². The van der Waals surface area contributed by atoms with Crippen molar-refractivity contribution in [3.63, 3.8) is 0 Å². The molecule has 1 rings (SSSR count). The monoisotopic (exact) mass is 212 g/mol. The minimum atomic E-state index is -1.61. The summed E-state index contributed by atoms with van der Waals surface area (Å²) < 4.78 is 18.4. The summed E-state index contributed by atoms with van der Waals surface area (Å²) in [5.41, 5.74) is -0.599. The lowest BCUT2D eigenvalue weighted by Gasteiger charge is -2.21. The zero-order valence-electron chi connectivity index (χ0n) is 9.11. The summed E-state index contributed by atoms with van der Waals surface area (Å²) in [5, 5.41) is 9.36. The Bertz CT molecular complexity index is 279. The fraction of sp³-hybridized carbons (Fsp3) is 0.500. The lowest BCUT2D eigenvalue weighted by Crippen LogP contribution is -2.35. The van der Waals surface area contributed by atoms with Gasteiger partial charge in [-0.1, -0.05) is 30.3 Å². The third kappa shape index (κ3) is 4.40. The molecular weight excluding hydrogens is 195 g/mol. The first kappa shape index (κ1) is 12.1. The van der Waals surface area contributed by atoms with Gasteiger partial charge in [0.2, 0.25) is 0 Å². The van der Waals surface area contributed by atoms with E-state index in [2.05, 4.69) is 0 Å². The number of hydrogen-bond donors (Lipinski definition) is 1. The van der Waals surface area contributed by atoms with Crippen molar-refractivity contribution in [2.24, 2.45) is 0 Å². The first-order valence-electron chi connectivity index (χ1n) is 4.99. The fourth-order valence-electron chi connectivity index (χ4n) is 1.06. The number of halogens is 1. The number of alkyl halides is 1. The normalized spacial score (nSPS) is 13.9. The molecule has 0 heterocycles. The van der Waals surface area contributed by atoms with Crippen LogP contribution in [0, 0.1) is 0 Å². The van der Waals surface area contributed by atoms with Gasteiger partial charge in [-0.3, -0.25) is 0 Å². The molecule has 0 aliphatic carbocycles. The molecule has 0 saturated carbocycles. The van der Waals surface area contributed by atoms with Crippen molar-refractivity contribution in [1.82, 2.24) is 0 Å². The first-order valence-corrected chi connectivity index (χ1v) is 4.99. The van der Waals surface area contributed by atoms with Gasteiger partial charge in [0, 0.05) is 0 Å². The number of ether oxygens (including phenoxy) is 1. The van der Waals surface area contributed by atoms with Crippen LogP contribution >= 0.6 is 0 Å². The molecule has 2 nitrogen and oxygen atoms in total. The quantitative estimate of drug-likeness (QED) is 0.811. The highest BCUT2D eigenvalue weighted by Gasteiger charge is 2.26. The van der Waals surface area contributed by atoms with Crippen LogP contribution in [0.3, 0.4) is 0 Å². The highest BCUT2D eigenvalue weighted by molar-refractivity contribution is 5.13. The van der Waals surface area contributed by atoms with Crippen molar-refractivity contribution >= 4 is 0 Å². The van der Waals surface area contributed by atoms with Gasteiger partial charge in [-0.05, 0) is 19.4 Å². The minimum Gasteiger partial charge on any atom is -0.387 e. The predicted octanol–water partition coefficient (Wildman–Crippen LogP) is 2.31. The standard InChI is InChI=1S/C12H17FO2/c1-12(2,13)11(14)9-15-8-10-6-4-3-5-7-10/h3-7,11,14H,8-9H2,1-2H3/t11-/m0/s1. The molecule has 15 heavy (non-hydrogen) atoms. The van der Waals surface area contributed by atoms with Crippen molar-refractivity contribution in [1.29, 1.82) is 0 Å². The van der Waals surface area contributed by atoms with Gasteiger partial charge in [-0.15, -0.1) is 0 Å². The average Bonchev–Trinajstić information content (AvgIpc) is 2.18. The number of aliphatic hydroxyl groups is 1. The Labute approximate surface area is 89.7 Å². The molecule has 0 unspecified atom stereocenters. The van der Waals surface area contributed by atoms with Crippen LogP contribution in [0.4, 0.5) is 4.39 Å². The number of hydrogen-bond acceptors (Lipinski definition) is 2. The number of aliphatic hydroxyl groups excluding tert-OH is 1. The zero-order valence-corrected chi connectivity index (χ0v) is 9.11. The van der Waals surface area contributed by atoms with E-state index in [9.17, 15) is 9.50 Å². The van der Waals surface area contributed by atoms with Gasteiger partial charge in [0.25, 0.3) is 0 Å². The molecule has 1 aromatic rings. The SMILES string of the molecule is CC(C)(F)[C@@H](O)COCc1ccccc1. The lowest BCUT2D eigenvalue weighted by atomic mass is 10.1. The Balaban J connectivity index is 2.28. The van der Waals surface area contributed by atoms with Gasteiger partial charge >= 0.3 is 0 Å². The van der Waals surface area contributed by atoms with Crippen molar-refractivity contribution in [2.45, 2.75) is 32.2 Å². The topological polar surface area (TPSA) is 29.5 Å². The van der Waals surface area contributed by atoms with E-state index in [1.165, 1.54) is 13.8 Å². The van der Waals surface area contributed by atoms with E-state index in [4.69, 9.17) is 4.74 Å². The molecule has 0 aliphatic rings. The minimum absolute atomic E-state index is 0.0123. The average molecular weight is 212 g/mol. The van der Waals surface area contributed by atoms with E-state index in [1.807, 2.05) is 30.3 Å². The van der Waals surface area contributed by atoms with E-state index >= 15 is 0 Å². The first-order chi connectivity index (χ1) is 7.00. The summed E-state index contributed by atoms with van der Waals surface area (Å²) in [6, 6.07) is 9.59. The molecule has 0 radical (unpaired) electrons. The molecule has 1 aromatic carbocycles. The third-order valence-corrected chi connectivity index (χ3v) is 2.18. The second-order valence-corrected chi connectivity index (χ2v) is 4.08. The highest BCUT2D eigenvalue weighted by Crippen LogP contribution is 2.14. The number of benzene rings is 1. The number of rotatable bonds is 5. The molecule has 84 valence electrons. The van der Waals surface area contributed by atoms with Crippen LogP contribution in [0.5, 0.6) is 0 Å². The van der Waals surface area contributed by atoms with E-state index < -0.39 is 11.8 Å². The third-order valence-electron chi connectivity index (χ3n) is 2.18. The zero-order chi connectivity index (χ0) is 11.3. The smallest absolute Gasteiger partial charge is 0.133 e. The summed E-state index contributed by atoms with van der Waals surface area (Å²) in [4.78, 5) is 0. The van der Waals surface area contributed by atoms with Gasteiger partial charge in [-0.2, -0.15) is 0 Å². The van der Waals surface area contributed by atoms with E-state index in [0.29, 0.717) is 6.61 Å². The molecule has 0 bridgehead atoms. The fourth-order valence-corrected chi connectivity index (χ4v) is 1.06. The second-order valence-electron chi connectivity index (χ2n) is 4.08. The van der Waals surface area contributed by atoms with Crippen LogP contribution in [0.2, 0.25) is 0 Å². The molecule has 0 spiro atoms. The van der Waals surface area contributed by atoms with Crippen LogP contribution in [0.15, 0.2) is 30.3 Å². The van der Waals surface area contributed by atoms with Gasteiger partial charge in [0.05, 0.1) is 13.2 Å². The van der Waals surface area contributed by atoms with Gasteiger partial charge < -0.3 is 9.84 Å². The molecule has 1 atom stereocenters. The molecular formula is C12H17FO2. The summed E-state index contributed by atoms with van der Waals surface area (Å²) >= 11 is 0. The van der Waals surface area contributed by atoms with Crippen molar-refractivity contribution < 1.29 is 14.2 Å². The van der Waals surface area contributed by atoms with Gasteiger partial charge in [0.1, 0.15) is 11.8 Å². The molecule has 0 amide bonds. The van der Waals surface area contributed by atoms with Crippen LogP contribution in [0.1, 0.15) is 19.4 Å². The maximum absolute atomic E-state index is 13.2. The Kier molecular flexibility index (Phi) is 4.24. The second kappa shape index (κ2) is 5.24. The Morgan fingerprint density at radius 2 is 1.93 bits per heavy atom. The molecule has 0 fully saturated rings. The molecule has 1 N–H and O–H groups in total. The van der Waals surface area contributed by atoms with Crippen molar-refractivity contribution in [2.75, 3.05) is 6.61 Å². The van der Waals surface area contributed by atoms with E-state index in [0.717, 1.165) is 5.56 Å². The van der Waals surface area contributed by atoms with Crippen LogP contribution in [0.25, 0.3) is 0 Å². The van der Waals surface area contributed by atoms with Gasteiger partial charge in [0.15, 0.2) is 0 Å². The van der Waals surface area contributed by atoms with Crippen LogP contribution < -0.4 is 0 Å². The summed E-state index contributed by atoms with van der Waals surface area (Å²) in [7, 11) is 0. The summed E-state index contributed by atoms with van der Waals surface area (Å²) in [6.07, 6.45) is -1.08. The van der Waals surface area contributed by atoms with Crippen molar-refractivity contribution in [3.8, 4) is 0 Å². The largest absolute Gasteiger partial charge is 0.387 e. The highest BCUT2D eigenvalue weighted by atomic mass is 19.1. The summed E-state index contributed by atoms with van der Waals surface area (Å²) in [5.74, 6) is 0. The van der Waals surface area contributed by atoms with E-state index in [-0.39, 0.29) is 6.61 Å². The molecule has 0 aromatic heterocycles. The maximum atomic E-state index is 13.2. The molecule has 0 aliphatic heterocycles. The maximum Gasteiger partial charge on any atom is 0.133 e. The van der Waals surface area contributed by atoms with Crippen LogP contribution in [-0.4, -0.2) is 23.5 Å². The molecule has 3 heteroatoms. The Hall–Kier alpha value is -0.930. The Morgan fingerprint density at radius 1 is 1.33 bits per heavy atom. The Morgan fingerprint density at radius 3 is 2.47 bits per heavy atom. The van der Waals surface area contributed by atoms with E-state index in [1.54, 1.807) is 0 Å². The van der Waals surface area contributed by atoms with Crippen molar-refractivity contribution in [3.05, 3.63) is 35.9 Å². The summed E-state index contributed by atoms with van der Waals surface area (Å²) in [6.45, 7) is 3.08. The predicted molar refractivity (Wildman–Crippen MR) is 57.3 cm³/mol. The molecule has 0 saturated heterocycles. The van der Waals surface area contributed by atoms with Crippen LogP contribution in [-0.2, 0) is 11.3 Å².